The van der Waals surface area contributed by atoms with Crippen molar-refractivity contribution in [3.63, 3.8) is 0 Å². The Morgan fingerprint density at radius 3 is 3.00 bits per heavy atom. The van der Waals surface area contributed by atoms with Gasteiger partial charge in [0.05, 0.1) is 0 Å². The second-order valence-electron chi connectivity index (χ2n) is 1.20. The minimum atomic E-state index is -1.15. The zero-order chi connectivity index (χ0) is 7.82. The number of oxime groups is 1. The average Bonchev–Trinajstić information content (AvgIpc) is 1.87. The van der Waals surface area contributed by atoms with Gasteiger partial charge in [-0.3, -0.25) is 0 Å². The fourth-order valence-electron chi connectivity index (χ4n) is 0.190. The minimum absolute atomic E-state index is 0.308. The highest BCUT2D eigenvalue weighted by atomic mass is 35.5. The molecule has 0 radical (unpaired) electrons. The molecule has 0 aliphatic rings. The third kappa shape index (κ3) is 6.97. The molecule has 0 amide bonds. The van der Waals surface area contributed by atoms with Crippen LogP contribution in [0.2, 0.25) is 0 Å². The second-order valence-corrected chi connectivity index (χ2v) is 1.51. The van der Waals surface area contributed by atoms with Crippen LogP contribution in [0.5, 0.6) is 0 Å². The van der Waals surface area contributed by atoms with Crippen molar-refractivity contribution in [2.45, 2.75) is 0 Å². The summed E-state index contributed by atoms with van der Waals surface area (Å²) in [5, 5.41) is 11.0. The number of hydrogen-bond donors (Lipinski definition) is 1. The summed E-state index contributed by atoms with van der Waals surface area (Å²) in [6.07, 6.45) is 3.33. The molecular formula is C5H6ClNO3. The van der Waals surface area contributed by atoms with E-state index in [1.54, 1.807) is 0 Å². The Bertz CT molecular complexity index is 155. The van der Waals surface area contributed by atoms with Gasteiger partial charge < -0.3 is 9.94 Å². The van der Waals surface area contributed by atoms with E-state index < -0.39 is 5.97 Å². The molecule has 0 heterocycles. The summed E-state index contributed by atoms with van der Waals surface area (Å²) in [5.41, 5.74) is 0. The number of hydrogen-bond acceptors (Lipinski definition) is 3. The van der Waals surface area contributed by atoms with Crippen LogP contribution in [-0.2, 0) is 9.63 Å². The molecule has 0 aliphatic carbocycles. The number of carbonyl (C=O) groups is 1. The average molecular weight is 164 g/mol. The first-order chi connectivity index (χ1) is 4.77. The largest absolute Gasteiger partial charge is 0.477 e. The fourth-order valence-corrected chi connectivity index (χ4v) is 0.263. The van der Waals surface area contributed by atoms with Crippen LogP contribution in [0.4, 0.5) is 0 Å². The molecule has 0 saturated heterocycles. The van der Waals surface area contributed by atoms with Crippen molar-refractivity contribution in [2.75, 3.05) is 5.88 Å². The van der Waals surface area contributed by atoms with Crippen molar-refractivity contribution >= 4 is 23.8 Å². The molecule has 0 bridgehead atoms. The summed E-state index contributed by atoms with van der Waals surface area (Å²) in [4.78, 5) is 14.1. The number of allylic oxidation sites excluding steroid dienone is 1. The summed E-state index contributed by atoms with van der Waals surface area (Å²) in [6.45, 7) is 0. The van der Waals surface area contributed by atoms with Crippen LogP contribution >= 0.6 is 11.6 Å². The third-order valence-corrected chi connectivity index (χ3v) is 0.648. The smallest absolute Gasteiger partial charge is 0.350 e. The topological polar surface area (TPSA) is 58.9 Å². The van der Waals surface area contributed by atoms with Gasteiger partial charge in [0.2, 0.25) is 0 Å². The van der Waals surface area contributed by atoms with Crippen molar-refractivity contribution in [2.24, 2.45) is 5.16 Å². The number of carboxylic acid groups (broad SMARTS) is 1. The van der Waals surface area contributed by atoms with Gasteiger partial charge >= 0.3 is 5.97 Å². The standard InChI is InChI=1S/C5H6ClNO3/c6-2-1-3-10-7-4-5(8)9/h1,3-4H,2H2,(H,8,9). The minimum Gasteiger partial charge on any atom is -0.477 e. The predicted octanol–water partition coefficient (Wildman–Crippen LogP) is 0.826. The Morgan fingerprint density at radius 1 is 1.80 bits per heavy atom. The normalized spacial score (nSPS) is 10.9. The van der Waals surface area contributed by atoms with Crippen molar-refractivity contribution in [1.82, 2.24) is 0 Å². The third-order valence-electron chi connectivity index (χ3n) is 0.470. The molecule has 0 rings (SSSR count). The van der Waals surface area contributed by atoms with E-state index >= 15 is 0 Å². The molecule has 0 atom stereocenters. The van der Waals surface area contributed by atoms with Gasteiger partial charge in [-0.2, -0.15) is 0 Å². The zero-order valence-electron chi connectivity index (χ0n) is 5.03. The molecule has 0 aromatic heterocycles. The lowest BCUT2D eigenvalue weighted by Gasteiger charge is -1.83. The molecule has 0 aromatic carbocycles. The molecule has 10 heavy (non-hydrogen) atoms. The number of carboxylic acids is 1. The zero-order valence-corrected chi connectivity index (χ0v) is 5.78. The van der Waals surface area contributed by atoms with Gasteiger partial charge in [-0.25, -0.2) is 4.79 Å². The Kier molecular flexibility index (Phi) is 5.47. The Morgan fingerprint density at radius 2 is 2.50 bits per heavy atom. The quantitative estimate of drug-likeness (QED) is 0.289. The highest BCUT2D eigenvalue weighted by molar-refractivity contribution is 6.21. The molecule has 0 saturated carbocycles. The lowest BCUT2D eigenvalue weighted by molar-refractivity contribution is -0.129. The van der Waals surface area contributed by atoms with Gasteiger partial charge in [0.15, 0.2) is 6.21 Å². The van der Waals surface area contributed by atoms with Crippen LogP contribution < -0.4 is 0 Å². The van der Waals surface area contributed by atoms with Gasteiger partial charge in [-0.05, 0) is 6.08 Å². The SMILES string of the molecule is O=C(O)C=NOC=CCCl. The van der Waals surface area contributed by atoms with E-state index in [2.05, 4.69) is 9.99 Å². The molecule has 4 nitrogen and oxygen atoms in total. The molecule has 0 aromatic rings. The van der Waals surface area contributed by atoms with Gasteiger partial charge in [-0.15, -0.1) is 11.6 Å². The van der Waals surface area contributed by atoms with Crippen LogP contribution in [0.25, 0.3) is 0 Å². The fraction of sp³-hybridized carbons (Fsp3) is 0.200. The Hall–Kier alpha value is -1.03. The van der Waals surface area contributed by atoms with Crippen LogP contribution in [0.1, 0.15) is 0 Å². The van der Waals surface area contributed by atoms with Crippen LogP contribution in [0, 0.1) is 0 Å². The number of halogens is 1. The van der Waals surface area contributed by atoms with E-state index in [1.165, 1.54) is 12.3 Å². The molecule has 0 unspecified atom stereocenters. The van der Waals surface area contributed by atoms with Crippen molar-refractivity contribution in [1.29, 1.82) is 0 Å². The summed E-state index contributed by atoms with van der Waals surface area (Å²) in [7, 11) is 0. The van der Waals surface area contributed by atoms with Gasteiger partial charge in [0.1, 0.15) is 6.26 Å². The molecule has 56 valence electrons. The predicted molar refractivity (Wildman–Crippen MR) is 37.1 cm³/mol. The molecular weight excluding hydrogens is 158 g/mol. The first kappa shape index (κ1) is 8.97. The summed E-state index contributed by atoms with van der Waals surface area (Å²) >= 11 is 5.21. The van der Waals surface area contributed by atoms with E-state index in [0.717, 1.165) is 0 Å². The second kappa shape index (κ2) is 6.10. The maximum atomic E-state index is 9.75. The maximum Gasteiger partial charge on any atom is 0.350 e. The van der Waals surface area contributed by atoms with Crippen LogP contribution in [0.3, 0.4) is 0 Å². The van der Waals surface area contributed by atoms with Crippen molar-refractivity contribution in [3.8, 4) is 0 Å². The highest BCUT2D eigenvalue weighted by Gasteiger charge is 1.83. The monoisotopic (exact) mass is 163 g/mol. The lowest BCUT2D eigenvalue weighted by Crippen LogP contribution is -1.94. The number of rotatable bonds is 4. The summed E-state index contributed by atoms with van der Waals surface area (Å²) in [6, 6.07) is 0. The Labute approximate surface area is 62.7 Å². The summed E-state index contributed by atoms with van der Waals surface area (Å²) < 4.78 is 0. The van der Waals surface area contributed by atoms with Gasteiger partial charge in [0.25, 0.3) is 0 Å². The first-order valence-corrected chi connectivity index (χ1v) is 2.94. The highest BCUT2D eigenvalue weighted by Crippen LogP contribution is 1.80. The van der Waals surface area contributed by atoms with Crippen molar-refractivity contribution in [3.05, 3.63) is 12.3 Å². The van der Waals surface area contributed by atoms with Crippen molar-refractivity contribution < 1.29 is 14.7 Å². The number of aliphatic carboxylic acids is 1. The van der Waals surface area contributed by atoms with Crippen LogP contribution in [0.15, 0.2) is 17.5 Å². The van der Waals surface area contributed by atoms with E-state index in [1.807, 2.05) is 0 Å². The number of alkyl halides is 1. The molecule has 0 aliphatic heterocycles. The summed E-state index contributed by atoms with van der Waals surface area (Å²) in [5.74, 6) is -0.845. The van der Waals surface area contributed by atoms with E-state index in [0.29, 0.717) is 12.1 Å². The first-order valence-electron chi connectivity index (χ1n) is 2.40. The number of nitrogens with zero attached hydrogens (tertiary/aromatic N) is 1. The Balaban J connectivity index is 3.35. The van der Waals surface area contributed by atoms with Crippen LogP contribution in [-0.4, -0.2) is 23.2 Å². The lowest BCUT2D eigenvalue weighted by atomic mass is 10.7. The maximum absolute atomic E-state index is 9.75. The van der Waals surface area contributed by atoms with Gasteiger partial charge in [-0.1, -0.05) is 5.16 Å². The molecule has 0 spiro atoms. The molecule has 0 fully saturated rings. The molecule has 1 N–H and O–H groups in total. The van der Waals surface area contributed by atoms with E-state index in [-0.39, 0.29) is 0 Å². The van der Waals surface area contributed by atoms with E-state index in [9.17, 15) is 4.79 Å². The van der Waals surface area contributed by atoms with E-state index in [4.69, 9.17) is 16.7 Å². The molecule has 5 heteroatoms. The van der Waals surface area contributed by atoms with Gasteiger partial charge in [0, 0.05) is 5.88 Å².